The summed E-state index contributed by atoms with van der Waals surface area (Å²) in [6.07, 6.45) is 4.53. The predicted molar refractivity (Wildman–Crippen MR) is 140 cm³/mol. The van der Waals surface area contributed by atoms with Crippen LogP contribution >= 0.6 is 11.3 Å². The van der Waals surface area contributed by atoms with E-state index in [1.807, 2.05) is 36.4 Å². The summed E-state index contributed by atoms with van der Waals surface area (Å²) in [5.41, 5.74) is 5.73. The second-order valence-corrected chi connectivity index (χ2v) is 9.46. The maximum atomic E-state index is 10.2. The number of hydrogen-bond acceptors (Lipinski definition) is 7. The van der Waals surface area contributed by atoms with Crippen molar-refractivity contribution in [3.8, 4) is 10.4 Å². The number of aliphatic hydroxyl groups is 1. The molecule has 1 fully saturated rings. The van der Waals surface area contributed by atoms with Gasteiger partial charge in [-0.25, -0.2) is 9.99 Å². The van der Waals surface area contributed by atoms with Crippen LogP contribution in [0.25, 0.3) is 10.4 Å². The van der Waals surface area contributed by atoms with Gasteiger partial charge in [-0.2, -0.15) is 0 Å². The Balaban J connectivity index is 0. The maximum absolute atomic E-state index is 10.2. The van der Waals surface area contributed by atoms with Crippen molar-refractivity contribution in [1.82, 2.24) is 15.3 Å². The van der Waals surface area contributed by atoms with Crippen molar-refractivity contribution in [3.63, 3.8) is 0 Å². The van der Waals surface area contributed by atoms with Crippen LogP contribution in [0.15, 0.2) is 29.8 Å². The number of aryl methyl sites for hydroxylation is 1. The fourth-order valence-corrected chi connectivity index (χ4v) is 3.28. The lowest BCUT2D eigenvalue weighted by Gasteiger charge is -2.12. The molecule has 1 atom stereocenters. The summed E-state index contributed by atoms with van der Waals surface area (Å²) in [6, 6.07) is 8.78. The van der Waals surface area contributed by atoms with Gasteiger partial charge in [0.15, 0.2) is 0 Å². The number of thiazole rings is 1. The minimum atomic E-state index is 0.542. The Hall–Kier alpha value is -2.13. The summed E-state index contributed by atoms with van der Waals surface area (Å²) in [5.74, 6) is 5.51. The highest BCUT2D eigenvalue weighted by molar-refractivity contribution is 7.13. The Bertz CT molecular complexity index is 722. The molecule has 4 N–H and O–H groups in total. The average Bonchev–Trinajstić information content (AvgIpc) is 3.43. The molecular formula is C25H44N4O3S. The lowest BCUT2D eigenvalue weighted by molar-refractivity contribution is -0.109. The molecule has 2 heterocycles. The predicted octanol–water partition coefficient (Wildman–Crippen LogP) is 4.58. The van der Waals surface area contributed by atoms with Crippen molar-refractivity contribution < 1.29 is 14.7 Å². The molecule has 33 heavy (non-hydrogen) atoms. The quantitative estimate of drug-likeness (QED) is 0.437. The summed E-state index contributed by atoms with van der Waals surface area (Å²) in [5, 5.41) is 11.5. The molecule has 0 aliphatic carbocycles. The number of hydrogen-bond donors (Lipinski definition) is 3. The fraction of sp³-hybridized carbons (Fsp3) is 0.560. The van der Waals surface area contributed by atoms with Gasteiger partial charge in [-0.1, -0.05) is 58.4 Å². The number of aromatic nitrogens is 1. The second-order valence-electron chi connectivity index (χ2n) is 8.61. The van der Waals surface area contributed by atoms with E-state index in [1.165, 1.54) is 29.7 Å². The molecule has 188 valence electrons. The molecule has 7 nitrogen and oxygen atoms in total. The number of hydrazine groups is 1. The SMILES string of the molecule is C=O.CC1CCCN1N.CCC(C)(C)C.CO.Cc1ncsc1-c1ccc(CNC=O)cc1. The molecule has 8 heteroatoms. The van der Waals surface area contributed by atoms with Crippen LogP contribution in [-0.4, -0.2) is 48.0 Å². The second kappa shape index (κ2) is 19.3. The number of nitrogens with two attached hydrogens (primary N) is 1. The number of amides is 1. The van der Waals surface area contributed by atoms with Gasteiger partial charge < -0.3 is 15.2 Å². The molecule has 2 aromatic rings. The Kier molecular flexibility index (Phi) is 19.4. The number of carbonyl (C=O) groups is 2. The number of nitrogens with zero attached hydrogens (tertiary/aromatic N) is 2. The van der Waals surface area contributed by atoms with E-state index in [1.54, 1.807) is 11.3 Å². The van der Waals surface area contributed by atoms with E-state index in [-0.39, 0.29) is 0 Å². The van der Waals surface area contributed by atoms with Crippen molar-refractivity contribution in [3.05, 3.63) is 41.0 Å². The van der Waals surface area contributed by atoms with Crippen LogP contribution in [0.5, 0.6) is 0 Å². The zero-order valence-electron chi connectivity index (χ0n) is 21.4. The average molecular weight is 481 g/mol. The Morgan fingerprint density at radius 1 is 1.27 bits per heavy atom. The first-order valence-corrected chi connectivity index (χ1v) is 12.0. The highest BCUT2D eigenvalue weighted by Crippen LogP contribution is 2.27. The van der Waals surface area contributed by atoms with Crippen LogP contribution in [0, 0.1) is 12.3 Å². The lowest BCUT2D eigenvalue weighted by atomic mass is 9.94. The molecule has 0 saturated carbocycles. The molecule has 1 aromatic heterocycles. The Labute approximate surface area is 204 Å². The van der Waals surface area contributed by atoms with E-state index in [9.17, 15) is 4.79 Å². The van der Waals surface area contributed by atoms with Gasteiger partial charge in [0.2, 0.25) is 6.41 Å². The monoisotopic (exact) mass is 480 g/mol. The molecular weight excluding hydrogens is 436 g/mol. The summed E-state index contributed by atoms with van der Waals surface area (Å²) in [6.45, 7) is 16.8. The van der Waals surface area contributed by atoms with Gasteiger partial charge in [0.1, 0.15) is 6.79 Å². The van der Waals surface area contributed by atoms with Crippen molar-refractivity contribution in [1.29, 1.82) is 0 Å². The topological polar surface area (TPSA) is 109 Å². The molecule has 1 saturated heterocycles. The number of nitrogens with one attached hydrogen (secondary N) is 1. The van der Waals surface area contributed by atoms with Crippen molar-refractivity contribution >= 4 is 24.5 Å². The van der Waals surface area contributed by atoms with Crippen molar-refractivity contribution in [2.24, 2.45) is 11.3 Å². The zero-order chi connectivity index (χ0) is 25.9. The van der Waals surface area contributed by atoms with E-state index in [2.05, 4.69) is 57.1 Å². The Morgan fingerprint density at radius 3 is 2.12 bits per heavy atom. The maximum Gasteiger partial charge on any atom is 0.207 e. The van der Waals surface area contributed by atoms with Crippen LogP contribution < -0.4 is 11.2 Å². The minimum absolute atomic E-state index is 0.542. The van der Waals surface area contributed by atoms with Crippen LogP contribution in [0.4, 0.5) is 0 Å². The smallest absolute Gasteiger partial charge is 0.207 e. The van der Waals surface area contributed by atoms with E-state index in [0.717, 1.165) is 24.9 Å². The van der Waals surface area contributed by atoms with Gasteiger partial charge in [-0.3, -0.25) is 10.6 Å². The molecule has 1 aromatic carbocycles. The number of benzene rings is 1. The number of carbonyl (C=O) groups excluding carboxylic acids is 2. The lowest BCUT2D eigenvalue weighted by Crippen LogP contribution is -2.33. The molecule has 1 unspecified atom stereocenters. The largest absolute Gasteiger partial charge is 0.400 e. The molecule has 0 radical (unpaired) electrons. The summed E-state index contributed by atoms with van der Waals surface area (Å²) in [7, 11) is 1.00. The van der Waals surface area contributed by atoms with Gasteiger partial charge in [0.05, 0.1) is 16.1 Å². The van der Waals surface area contributed by atoms with Crippen LogP contribution in [0.3, 0.4) is 0 Å². The molecule has 0 spiro atoms. The number of aliphatic hydroxyl groups excluding tert-OH is 1. The summed E-state index contributed by atoms with van der Waals surface area (Å²) < 4.78 is 0. The van der Waals surface area contributed by atoms with Gasteiger partial charge in [-0.05, 0) is 43.2 Å². The van der Waals surface area contributed by atoms with Gasteiger partial charge in [-0.15, -0.1) is 11.3 Å². The number of rotatable bonds is 4. The van der Waals surface area contributed by atoms with Crippen LogP contribution in [0.1, 0.15) is 65.1 Å². The third-order valence-electron chi connectivity index (χ3n) is 5.02. The molecule has 1 aliphatic rings. The first kappa shape index (κ1) is 33.0. The standard InChI is InChI=1S/C12H12N2OS.C6H14.C5H12N2.CH4O.CH2O/c1-9-12(16-8-14-9)11-4-2-10(3-5-11)6-13-7-15;1-5-6(2,3)4;1-5-3-2-4-7(5)6;2*1-2/h2-5,7-8H,6H2,1H3,(H,13,15);5H2,1-4H3;5H,2-4,6H2,1H3;2H,1H3;1H2. The fourth-order valence-electron chi connectivity index (χ4n) is 2.47. The highest BCUT2D eigenvalue weighted by Gasteiger charge is 2.15. The van der Waals surface area contributed by atoms with Gasteiger partial charge >= 0.3 is 0 Å². The molecule has 1 amide bonds. The van der Waals surface area contributed by atoms with Crippen molar-refractivity contribution in [2.75, 3.05) is 13.7 Å². The van der Waals surface area contributed by atoms with Gasteiger partial charge in [0, 0.05) is 26.2 Å². The van der Waals surface area contributed by atoms with Crippen LogP contribution in [-0.2, 0) is 16.1 Å². The van der Waals surface area contributed by atoms with Crippen molar-refractivity contribution in [2.45, 2.75) is 73.4 Å². The molecule has 3 rings (SSSR count). The third-order valence-corrected chi connectivity index (χ3v) is 5.99. The third kappa shape index (κ3) is 15.4. The molecule has 0 bridgehead atoms. The van der Waals surface area contributed by atoms with Crippen LogP contribution in [0.2, 0.25) is 0 Å². The summed E-state index contributed by atoms with van der Waals surface area (Å²) >= 11 is 1.64. The van der Waals surface area contributed by atoms with E-state index < -0.39 is 0 Å². The zero-order valence-corrected chi connectivity index (χ0v) is 22.2. The Morgan fingerprint density at radius 2 is 1.82 bits per heavy atom. The molecule has 1 aliphatic heterocycles. The van der Waals surface area contributed by atoms with Gasteiger partial charge in [0.25, 0.3) is 0 Å². The van der Waals surface area contributed by atoms with E-state index in [0.29, 0.717) is 24.4 Å². The normalized spacial score (nSPS) is 14.6. The highest BCUT2D eigenvalue weighted by atomic mass is 32.1. The summed E-state index contributed by atoms with van der Waals surface area (Å²) in [4.78, 5) is 23.6. The first-order valence-electron chi connectivity index (χ1n) is 11.1. The van der Waals surface area contributed by atoms with E-state index in [4.69, 9.17) is 15.7 Å². The first-order chi connectivity index (χ1) is 15.7. The van der Waals surface area contributed by atoms with E-state index >= 15 is 0 Å². The minimum Gasteiger partial charge on any atom is -0.400 e.